The van der Waals surface area contributed by atoms with E-state index in [9.17, 15) is 4.79 Å². The average Bonchev–Trinajstić information content (AvgIpc) is 2.68. The third-order valence-corrected chi connectivity index (χ3v) is 2.75. The van der Waals surface area contributed by atoms with Gasteiger partial charge in [-0.2, -0.15) is 0 Å². The molecule has 0 saturated carbocycles. The molecular weight excluding hydrogens is 202 g/mol. The van der Waals surface area contributed by atoms with Gasteiger partial charge in [0.2, 0.25) is 6.41 Å². The van der Waals surface area contributed by atoms with Crippen molar-refractivity contribution < 1.29 is 9.53 Å². The molecule has 16 heavy (non-hydrogen) atoms. The number of benzene rings is 1. The van der Waals surface area contributed by atoms with Crippen LogP contribution in [0.5, 0.6) is 0 Å². The van der Waals surface area contributed by atoms with Crippen molar-refractivity contribution in [3.8, 4) is 0 Å². The molecule has 0 aromatic heterocycles. The zero-order valence-corrected chi connectivity index (χ0v) is 9.77. The molecule has 0 atom stereocenters. The fourth-order valence-electron chi connectivity index (χ4n) is 1.90. The summed E-state index contributed by atoms with van der Waals surface area (Å²) in [6.45, 7) is 6.17. The summed E-state index contributed by atoms with van der Waals surface area (Å²) in [5, 5.41) is 0. The Hall–Kier alpha value is -1.35. The zero-order chi connectivity index (χ0) is 11.5. The number of carbonyl (C=O) groups is 1. The highest BCUT2D eigenvalue weighted by molar-refractivity contribution is 5.51. The van der Waals surface area contributed by atoms with Crippen LogP contribution in [0, 0.1) is 0 Å². The molecule has 1 aromatic carbocycles. The van der Waals surface area contributed by atoms with Gasteiger partial charge in [-0.05, 0) is 30.5 Å². The number of carbonyl (C=O) groups excluding carboxylic acids is 1. The van der Waals surface area contributed by atoms with Gasteiger partial charge in [0, 0.05) is 13.1 Å². The molecule has 2 rings (SSSR count). The summed E-state index contributed by atoms with van der Waals surface area (Å²) >= 11 is 0. The Bertz CT molecular complexity index is 388. The van der Waals surface area contributed by atoms with E-state index in [0.29, 0.717) is 6.61 Å². The molecule has 0 radical (unpaired) electrons. The quantitative estimate of drug-likeness (QED) is 0.726. The van der Waals surface area contributed by atoms with Crippen LogP contribution in [0.3, 0.4) is 0 Å². The molecule has 86 valence electrons. The molecule has 1 aromatic rings. The number of ether oxygens (including phenoxy) is 1. The number of hydrogen-bond acceptors (Lipinski definition) is 2. The molecule has 1 aliphatic rings. The largest absolute Gasteiger partial charge is 0.374 e. The number of hydrogen-bond donors (Lipinski definition) is 0. The summed E-state index contributed by atoms with van der Waals surface area (Å²) in [7, 11) is 0. The smallest absolute Gasteiger partial charge is 0.210 e. The van der Waals surface area contributed by atoms with E-state index < -0.39 is 0 Å². The molecule has 3 nitrogen and oxygen atoms in total. The maximum atomic E-state index is 10.7. The number of fused-ring (bicyclic) bond motifs is 1. The topological polar surface area (TPSA) is 29.5 Å². The van der Waals surface area contributed by atoms with Crippen LogP contribution in [0.4, 0.5) is 0 Å². The van der Waals surface area contributed by atoms with Gasteiger partial charge in [0.05, 0.1) is 12.7 Å². The average molecular weight is 219 g/mol. The standard InChI is InChI=1S/C13H17NO2/c1-10(2)16-8-11-3-4-12-6-14(9-15)7-13(12)5-11/h3-5,9-10H,6-8H2,1-2H3. The highest BCUT2D eigenvalue weighted by Gasteiger charge is 2.17. The normalized spacial score (nSPS) is 14.3. The molecule has 0 saturated heterocycles. The molecule has 0 spiro atoms. The number of rotatable bonds is 4. The van der Waals surface area contributed by atoms with Gasteiger partial charge in [-0.25, -0.2) is 0 Å². The van der Waals surface area contributed by atoms with E-state index in [1.165, 1.54) is 16.7 Å². The molecule has 0 aliphatic carbocycles. The number of nitrogens with zero attached hydrogens (tertiary/aromatic N) is 1. The zero-order valence-electron chi connectivity index (χ0n) is 9.77. The van der Waals surface area contributed by atoms with E-state index in [2.05, 4.69) is 18.2 Å². The predicted octanol–water partition coefficient (Wildman–Crippen LogP) is 2.08. The summed E-state index contributed by atoms with van der Waals surface area (Å²) in [5.41, 5.74) is 3.68. The van der Waals surface area contributed by atoms with Gasteiger partial charge >= 0.3 is 0 Å². The molecule has 0 unspecified atom stereocenters. The van der Waals surface area contributed by atoms with E-state index in [0.717, 1.165) is 19.5 Å². The first-order chi connectivity index (χ1) is 7.69. The van der Waals surface area contributed by atoms with E-state index in [1.54, 1.807) is 4.90 Å². The van der Waals surface area contributed by atoms with Crippen LogP contribution in [0.25, 0.3) is 0 Å². The van der Waals surface area contributed by atoms with Crippen molar-refractivity contribution >= 4 is 6.41 Å². The lowest BCUT2D eigenvalue weighted by atomic mass is 10.1. The van der Waals surface area contributed by atoms with Crippen molar-refractivity contribution in [2.45, 2.75) is 39.6 Å². The lowest BCUT2D eigenvalue weighted by Gasteiger charge is -2.08. The number of amides is 1. The Morgan fingerprint density at radius 1 is 1.38 bits per heavy atom. The maximum Gasteiger partial charge on any atom is 0.210 e. The van der Waals surface area contributed by atoms with Gasteiger partial charge in [0.1, 0.15) is 0 Å². The van der Waals surface area contributed by atoms with Crippen LogP contribution >= 0.6 is 0 Å². The van der Waals surface area contributed by atoms with Crippen molar-refractivity contribution in [1.82, 2.24) is 4.90 Å². The second-order valence-corrected chi connectivity index (χ2v) is 4.47. The molecule has 0 bridgehead atoms. The van der Waals surface area contributed by atoms with Crippen LogP contribution in [0.1, 0.15) is 30.5 Å². The van der Waals surface area contributed by atoms with Gasteiger partial charge < -0.3 is 9.64 Å². The van der Waals surface area contributed by atoms with E-state index >= 15 is 0 Å². The van der Waals surface area contributed by atoms with Crippen LogP contribution in [-0.4, -0.2) is 17.4 Å². The van der Waals surface area contributed by atoms with Crippen LogP contribution < -0.4 is 0 Å². The molecule has 1 heterocycles. The summed E-state index contributed by atoms with van der Waals surface area (Å²) in [4.78, 5) is 12.5. The first-order valence-corrected chi connectivity index (χ1v) is 5.60. The fraction of sp³-hybridized carbons (Fsp3) is 0.462. The van der Waals surface area contributed by atoms with Crippen molar-refractivity contribution in [2.24, 2.45) is 0 Å². The van der Waals surface area contributed by atoms with Crippen molar-refractivity contribution in [3.63, 3.8) is 0 Å². The molecule has 0 N–H and O–H groups in total. The Labute approximate surface area is 96.0 Å². The minimum atomic E-state index is 0.250. The van der Waals surface area contributed by atoms with Gasteiger partial charge in [-0.3, -0.25) is 4.79 Å². The van der Waals surface area contributed by atoms with E-state index in [-0.39, 0.29) is 6.10 Å². The summed E-state index contributed by atoms with van der Waals surface area (Å²) < 4.78 is 5.56. The van der Waals surface area contributed by atoms with Crippen LogP contribution in [0.2, 0.25) is 0 Å². The van der Waals surface area contributed by atoms with Crippen molar-refractivity contribution in [1.29, 1.82) is 0 Å². The van der Waals surface area contributed by atoms with Gasteiger partial charge in [0.15, 0.2) is 0 Å². The van der Waals surface area contributed by atoms with Gasteiger partial charge in [0.25, 0.3) is 0 Å². The van der Waals surface area contributed by atoms with Crippen LogP contribution in [-0.2, 0) is 29.2 Å². The third kappa shape index (κ3) is 2.42. The fourth-order valence-corrected chi connectivity index (χ4v) is 1.90. The lowest BCUT2D eigenvalue weighted by molar-refractivity contribution is -0.118. The summed E-state index contributed by atoms with van der Waals surface area (Å²) in [5.74, 6) is 0. The highest BCUT2D eigenvalue weighted by atomic mass is 16.5. The minimum absolute atomic E-state index is 0.250. The third-order valence-electron chi connectivity index (χ3n) is 2.75. The Morgan fingerprint density at radius 2 is 2.12 bits per heavy atom. The summed E-state index contributed by atoms with van der Waals surface area (Å²) in [6, 6.07) is 6.31. The van der Waals surface area contributed by atoms with Gasteiger partial charge in [-0.15, -0.1) is 0 Å². The summed E-state index contributed by atoms with van der Waals surface area (Å²) in [6.07, 6.45) is 1.16. The molecule has 3 heteroatoms. The molecule has 1 amide bonds. The van der Waals surface area contributed by atoms with Gasteiger partial charge in [-0.1, -0.05) is 18.2 Å². The van der Waals surface area contributed by atoms with E-state index in [1.807, 2.05) is 13.8 Å². The predicted molar refractivity (Wildman–Crippen MR) is 61.7 cm³/mol. The Morgan fingerprint density at radius 3 is 2.81 bits per heavy atom. The van der Waals surface area contributed by atoms with Crippen molar-refractivity contribution in [3.05, 3.63) is 34.9 Å². The first-order valence-electron chi connectivity index (χ1n) is 5.60. The lowest BCUT2D eigenvalue weighted by Crippen LogP contribution is -2.12. The molecular formula is C13H17NO2. The second kappa shape index (κ2) is 4.66. The van der Waals surface area contributed by atoms with Crippen molar-refractivity contribution in [2.75, 3.05) is 0 Å². The first kappa shape index (κ1) is 11.1. The SMILES string of the molecule is CC(C)OCc1ccc2c(c1)CN(C=O)C2. The monoisotopic (exact) mass is 219 g/mol. The second-order valence-electron chi connectivity index (χ2n) is 4.47. The maximum absolute atomic E-state index is 10.7. The molecule has 0 fully saturated rings. The highest BCUT2D eigenvalue weighted by Crippen LogP contribution is 2.22. The Balaban J connectivity index is 2.07. The Kier molecular flexibility index (Phi) is 3.25. The van der Waals surface area contributed by atoms with Crippen LogP contribution in [0.15, 0.2) is 18.2 Å². The van der Waals surface area contributed by atoms with E-state index in [4.69, 9.17) is 4.74 Å². The minimum Gasteiger partial charge on any atom is -0.374 e. The molecule has 1 aliphatic heterocycles.